The van der Waals surface area contributed by atoms with E-state index in [1.807, 2.05) is 28.4 Å². The maximum absolute atomic E-state index is 13.8. The second kappa shape index (κ2) is 5.95. The third-order valence-electron chi connectivity index (χ3n) is 3.79. The molecule has 112 valence electrons. The highest BCUT2D eigenvalue weighted by molar-refractivity contribution is 7.71. The normalized spacial score (nSPS) is 16.4. The fourth-order valence-electron chi connectivity index (χ4n) is 2.55. The molecule has 0 bridgehead atoms. The number of anilines is 1. The summed E-state index contributed by atoms with van der Waals surface area (Å²) in [6, 6.07) is 6.94. The molecule has 0 saturated carbocycles. The number of aromatic nitrogens is 3. The van der Waals surface area contributed by atoms with Gasteiger partial charge in [0.05, 0.1) is 12.4 Å². The molecule has 1 saturated heterocycles. The molecule has 1 aliphatic rings. The van der Waals surface area contributed by atoms with Gasteiger partial charge in [-0.3, -0.25) is 4.90 Å². The van der Waals surface area contributed by atoms with Gasteiger partial charge >= 0.3 is 0 Å². The standard InChI is InChI=1S/C14H18FN5S/c1-17-10-16-20(14(17)21)11-18-6-8-19(9-7-18)13-5-3-2-4-12(13)15/h2-5,10H,6-9,11H2,1H3. The highest BCUT2D eigenvalue weighted by Gasteiger charge is 2.19. The van der Waals surface area contributed by atoms with Gasteiger partial charge in [0, 0.05) is 33.2 Å². The Balaban J connectivity index is 1.62. The summed E-state index contributed by atoms with van der Waals surface area (Å²) in [6.07, 6.45) is 1.72. The Morgan fingerprint density at radius 1 is 1.19 bits per heavy atom. The lowest BCUT2D eigenvalue weighted by Crippen LogP contribution is -2.47. The highest BCUT2D eigenvalue weighted by atomic mass is 32.1. The van der Waals surface area contributed by atoms with E-state index in [1.54, 1.807) is 12.4 Å². The van der Waals surface area contributed by atoms with Crippen LogP contribution in [0.1, 0.15) is 0 Å². The second-order valence-corrected chi connectivity index (χ2v) is 5.59. The number of benzene rings is 1. The van der Waals surface area contributed by atoms with Crippen LogP contribution in [0, 0.1) is 10.6 Å². The maximum atomic E-state index is 13.8. The van der Waals surface area contributed by atoms with E-state index in [2.05, 4.69) is 14.9 Å². The first kappa shape index (κ1) is 14.2. The first-order chi connectivity index (χ1) is 10.1. The summed E-state index contributed by atoms with van der Waals surface area (Å²) in [6.45, 7) is 4.03. The Labute approximate surface area is 128 Å². The Morgan fingerprint density at radius 2 is 1.90 bits per heavy atom. The second-order valence-electron chi connectivity index (χ2n) is 5.22. The van der Waals surface area contributed by atoms with Crippen molar-refractivity contribution in [1.29, 1.82) is 0 Å². The first-order valence-electron chi connectivity index (χ1n) is 6.95. The van der Waals surface area contributed by atoms with Gasteiger partial charge in [0.25, 0.3) is 0 Å². The average molecular weight is 307 g/mol. The van der Waals surface area contributed by atoms with Gasteiger partial charge in [-0.25, -0.2) is 9.07 Å². The molecule has 0 atom stereocenters. The van der Waals surface area contributed by atoms with Crippen molar-refractivity contribution < 1.29 is 4.39 Å². The molecule has 1 aromatic heterocycles. The number of aryl methyl sites for hydroxylation is 1. The first-order valence-corrected chi connectivity index (χ1v) is 7.36. The van der Waals surface area contributed by atoms with Crippen LogP contribution in [0.3, 0.4) is 0 Å². The smallest absolute Gasteiger partial charge is 0.198 e. The Morgan fingerprint density at radius 3 is 2.52 bits per heavy atom. The van der Waals surface area contributed by atoms with Crippen molar-refractivity contribution >= 4 is 17.9 Å². The number of hydrogen-bond donors (Lipinski definition) is 0. The lowest BCUT2D eigenvalue weighted by atomic mass is 10.2. The van der Waals surface area contributed by atoms with Crippen LogP contribution < -0.4 is 4.90 Å². The SMILES string of the molecule is Cn1cnn(CN2CCN(c3ccccc3F)CC2)c1=S. The van der Waals surface area contributed by atoms with Crippen LogP contribution in [0.5, 0.6) is 0 Å². The topological polar surface area (TPSA) is 29.2 Å². The summed E-state index contributed by atoms with van der Waals surface area (Å²) in [5.41, 5.74) is 0.687. The van der Waals surface area contributed by atoms with Crippen molar-refractivity contribution in [1.82, 2.24) is 19.2 Å². The molecule has 1 aliphatic heterocycles. The number of halogens is 1. The zero-order chi connectivity index (χ0) is 14.8. The van der Waals surface area contributed by atoms with Crippen LogP contribution in [0.4, 0.5) is 10.1 Å². The summed E-state index contributed by atoms with van der Waals surface area (Å²) in [4.78, 5) is 4.36. The van der Waals surface area contributed by atoms with E-state index in [0.29, 0.717) is 17.1 Å². The molecule has 0 unspecified atom stereocenters. The molecule has 2 aromatic rings. The minimum atomic E-state index is -0.155. The number of rotatable bonds is 3. The van der Waals surface area contributed by atoms with Gasteiger partial charge < -0.3 is 9.47 Å². The van der Waals surface area contributed by atoms with E-state index >= 15 is 0 Å². The Hall–Kier alpha value is -1.73. The van der Waals surface area contributed by atoms with Crippen LogP contribution in [-0.4, -0.2) is 45.4 Å². The summed E-state index contributed by atoms with van der Waals surface area (Å²) in [5.74, 6) is -0.155. The molecule has 0 aliphatic carbocycles. The van der Waals surface area contributed by atoms with Crippen molar-refractivity contribution in [2.45, 2.75) is 6.67 Å². The average Bonchev–Trinajstić information content (AvgIpc) is 2.81. The molecule has 7 heteroatoms. The summed E-state index contributed by atoms with van der Waals surface area (Å²) < 4.78 is 18.1. The Kier molecular flexibility index (Phi) is 4.03. The van der Waals surface area contributed by atoms with Gasteiger partial charge in [-0.1, -0.05) is 12.1 Å². The predicted octanol–water partition coefficient (Wildman–Crippen LogP) is 1.87. The van der Waals surface area contributed by atoms with Crippen LogP contribution in [0.2, 0.25) is 0 Å². The number of piperazine rings is 1. The van der Waals surface area contributed by atoms with Crippen LogP contribution in [-0.2, 0) is 13.7 Å². The Bertz CT molecular complexity index is 672. The van der Waals surface area contributed by atoms with Gasteiger partial charge in [0.2, 0.25) is 0 Å². The summed E-state index contributed by atoms with van der Waals surface area (Å²) in [7, 11) is 1.89. The van der Waals surface area contributed by atoms with Gasteiger partial charge in [-0.2, -0.15) is 5.10 Å². The largest absolute Gasteiger partial charge is 0.367 e. The van der Waals surface area contributed by atoms with Gasteiger partial charge in [0.1, 0.15) is 12.1 Å². The molecule has 3 rings (SSSR count). The van der Waals surface area contributed by atoms with Crippen molar-refractivity contribution in [3.63, 3.8) is 0 Å². The fraction of sp³-hybridized carbons (Fsp3) is 0.429. The van der Waals surface area contributed by atoms with Gasteiger partial charge in [-0.15, -0.1) is 0 Å². The molecule has 1 aromatic carbocycles. The van der Waals surface area contributed by atoms with Crippen molar-refractivity contribution in [2.24, 2.45) is 7.05 Å². The van der Waals surface area contributed by atoms with E-state index in [0.717, 1.165) is 26.2 Å². The van der Waals surface area contributed by atoms with Gasteiger partial charge in [0.15, 0.2) is 4.77 Å². The zero-order valence-corrected chi connectivity index (χ0v) is 12.8. The molecule has 2 heterocycles. The van der Waals surface area contributed by atoms with Crippen LogP contribution in [0.15, 0.2) is 30.6 Å². The van der Waals surface area contributed by atoms with Crippen molar-refractivity contribution in [3.05, 3.63) is 41.2 Å². The zero-order valence-electron chi connectivity index (χ0n) is 11.9. The van der Waals surface area contributed by atoms with Crippen LogP contribution in [0.25, 0.3) is 0 Å². The molecule has 21 heavy (non-hydrogen) atoms. The molecular weight excluding hydrogens is 289 g/mol. The van der Waals surface area contributed by atoms with Crippen molar-refractivity contribution in [2.75, 3.05) is 31.1 Å². The number of hydrogen-bond acceptors (Lipinski definition) is 4. The van der Waals surface area contributed by atoms with E-state index in [-0.39, 0.29) is 5.82 Å². The number of para-hydroxylation sites is 1. The third kappa shape index (κ3) is 2.98. The van der Waals surface area contributed by atoms with Gasteiger partial charge in [-0.05, 0) is 24.4 Å². The fourth-order valence-corrected chi connectivity index (χ4v) is 2.70. The van der Waals surface area contributed by atoms with E-state index in [1.165, 1.54) is 6.07 Å². The van der Waals surface area contributed by atoms with E-state index in [9.17, 15) is 4.39 Å². The molecule has 0 N–H and O–H groups in total. The molecule has 0 amide bonds. The van der Waals surface area contributed by atoms with Crippen molar-refractivity contribution in [3.8, 4) is 0 Å². The highest BCUT2D eigenvalue weighted by Crippen LogP contribution is 2.20. The molecular formula is C14H18FN5S. The predicted molar refractivity (Wildman–Crippen MR) is 82.2 cm³/mol. The molecule has 5 nitrogen and oxygen atoms in total. The molecule has 1 fully saturated rings. The maximum Gasteiger partial charge on any atom is 0.198 e. The number of nitrogens with zero attached hydrogens (tertiary/aromatic N) is 5. The van der Waals surface area contributed by atoms with E-state index in [4.69, 9.17) is 12.2 Å². The quantitative estimate of drug-likeness (QED) is 0.810. The lowest BCUT2D eigenvalue weighted by Gasteiger charge is -2.35. The monoisotopic (exact) mass is 307 g/mol. The van der Waals surface area contributed by atoms with Crippen LogP contribution >= 0.6 is 12.2 Å². The lowest BCUT2D eigenvalue weighted by molar-refractivity contribution is 0.194. The minimum Gasteiger partial charge on any atom is -0.367 e. The van der Waals surface area contributed by atoms with E-state index < -0.39 is 0 Å². The summed E-state index contributed by atoms with van der Waals surface area (Å²) >= 11 is 5.29. The summed E-state index contributed by atoms with van der Waals surface area (Å²) in [5, 5.41) is 4.26. The minimum absolute atomic E-state index is 0.155. The third-order valence-corrected chi connectivity index (χ3v) is 4.28. The molecule has 0 spiro atoms. The molecule has 0 radical (unpaired) electrons.